The molecule has 0 unspecified atom stereocenters. The number of methoxy groups -OCH3 is 2. The largest absolute Gasteiger partial charge is 0.493 e. The summed E-state index contributed by atoms with van der Waals surface area (Å²) in [6.45, 7) is 5.33. The van der Waals surface area contributed by atoms with Crippen LogP contribution in [-0.2, 0) is 5.41 Å². The van der Waals surface area contributed by atoms with Crippen molar-refractivity contribution in [1.82, 2.24) is 10.2 Å². The van der Waals surface area contributed by atoms with Crippen LogP contribution < -0.4 is 20.1 Å². The van der Waals surface area contributed by atoms with E-state index in [1.54, 1.807) is 14.2 Å². The lowest BCUT2D eigenvalue weighted by Crippen LogP contribution is -2.52. The number of thiocarbonyl (C=S) groups is 1. The summed E-state index contributed by atoms with van der Waals surface area (Å²) in [5, 5.41) is 7.69. The van der Waals surface area contributed by atoms with Crippen molar-refractivity contribution >= 4 is 23.0 Å². The van der Waals surface area contributed by atoms with Crippen LogP contribution in [0.15, 0.2) is 36.4 Å². The van der Waals surface area contributed by atoms with E-state index in [4.69, 9.17) is 21.7 Å². The van der Waals surface area contributed by atoms with Crippen molar-refractivity contribution in [3.63, 3.8) is 0 Å². The first kappa shape index (κ1) is 22.9. The van der Waals surface area contributed by atoms with Crippen LogP contribution in [0, 0.1) is 13.8 Å². The standard InChI is InChI=1S/C26H35N3O2S/c1-17-12-18(2)14-21(13-17)28-25(32)27-20-8-9-26(10-11-29(3)24(26)16-20)19-6-7-22(30-4)23(15-19)31-5/h6-7,12-15,20,24H,8-11,16H2,1-5H3,(H2,27,28,32)/t20-,24+,26-/m0/s1. The van der Waals surface area contributed by atoms with Crippen LogP contribution in [0.4, 0.5) is 5.69 Å². The van der Waals surface area contributed by atoms with Crippen molar-refractivity contribution in [1.29, 1.82) is 0 Å². The van der Waals surface area contributed by atoms with Gasteiger partial charge < -0.3 is 25.0 Å². The molecule has 2 aromatic carbocycles. The van der Waals surface area contributed by atoms with Gasteiger partial charge in [0.2, 0.25) is 0 Å². The van der Waals surface area contributed by atoms with E-state index in [0.29, 0.717) is 17.2 Å². The number of likely N-dealkylation sites (N-methyl/N-ethyl adjacent to an activating group) is 1. The highest BCUT2D eigenvalue weighted by Crippen LogP contribution is 2.49. The molecular weight excluding hydrogens is 418 g/mol. The van der Waals surface area contributed by atoms with Crippen LogP contribution in [0.2, 0.25) is 0 Å². The lowest BCUT2D eigenvalue weighted by atomic mass is 9.65. The molecule has 172 valence electrons. The number of ether oxygens (including phenoxy) is 2. The number of hydrogen-bond acceptors (Lipinski definition) is 4. The molecule has 6 heteroatoms. The molecule has 2 aliphatic rings. The van der Waals surface area contributed by atoms with Gasteiger partial charge in [0, 0.05) is 23.2 Å². The summed E-state index contributed by atoms with van der Waals surface area (Å²) in [6, 6.07) is 13.7. The van der Waals surface area contributed by atoms with Crippen molar-refractivity contribution in [2.75, 3.05) is 33.1 Å². The van der Waals surface area contributed by atoms with Gasteiger partial charge in [0.25, 0.3) is 0 Å². The normalized spacial score (nSPS) is 25.2. The fourth-order valence-electron chi connectivity index (χ4n) is 5.79. The van der Waals surface area contributed by atoms with Crippen molar-refractivity contribution in [2.24, 2.45) is 0 Å². The summed E-state index contributed by atoms with van der Waals surface area (Å²) in [7, 11) is 5.65. The highest BCUT2D eigenvalue weighted by molar-refractivity contribution is 7.80. The van der Waals surface area contributed by atoms with Crippen LogP contribution in [0.1, 0.15) is 42.4 Å². The average Bonchev–Trinajstić information content (AvgIpc) is 3.09. The van der Waals surface area contributed by atoms with Gasteiger partial charge in [-0.3, -0.25) is 0 Å². The molecule has 32 heavy (non-hydrogen) atoms. The Hall–Kier alpha value is -2.31. The SMILES string of the molecule is COc1ccc([C@@]23CC[C@H](NC(=S)Nc4cc(C)cc(C)c4)C[C@H]2N(C)CC3)cc1OC. The average molecular weight is 454 g/mol. The number of rotatable bonds is 5. The Bertz CT molecular complexity index is 975. The molecule has 1 saturated carbocycles. The number of fused-ring (bicyclic) bond motifs is 1. The molecule has 4 rings (SSSR count). The zero-order chi connectivity index (χ0) is 22.9. The summed E-state index contributed by atoms with van der Waals surface area (Å²) in [5.74, 6) is 1.60. The second-order valence-electron chi connectivity index (χ2n) is 9.42. The highest BCUT2D eigenvalue weighted by Gasteiger charge is 2.50. The Morgan fingerprint density at radius 2 is 1.75 bits per heavy atom. The van der Waals surface area contributed by atoms with Crippen molar-refractivity contribution < 1.29 is 9.47 Å². The van der Waals surface area contributed by atoms with E-state index in [1.165, 1.54) is 23.1 Å². The Morgan fingerprint density at radius 1 is 1.03 bits per heavy atom. The Labute approximate surface area is 197 Å². The number of likely N-dealkylation sites (tertiary alicyclic amines) is 1. The summed E-state index contributed by atoms with van der Waals surface area (Å²) in [5.41, 5.74) is 5.03. The maximum absolute atomic E-state index is 5.67. The van der Waals surface area contributed by atoms with Gasteiger partial charge in [0.15, 0.2) is 16.6 Å². The smallest absolute Gasteiger partial charge is 0.170 e. The molecule has 0 spiro atoms. The number of nitrogens with zero attached hydrogens (tertiary/aromatic N) is 1. The molecule has 2 N–H and O–H groups in total. The maximum Gasteiger partial charge on any atom is 0.170 e. The Balaban J connectivity index is 1.48. The molecule has 5 nitrogen and oxygen atoms in total. The highest BCUT2D eigenvalue weighted by atomic mass is 32.1. The van der Waals surface area contributed by atoms with Crippen LogP contribution in [-0.4, -0.2) is 49.9 Å². The van der Waals surface area contributed by atoms with E-state index in [2.05, 4.69) is 66.8 Å². The van der Waals surface area contributed by atoms with Gasteiger partial charge >= 0.3 is 0 Å². The first-order valence-corrected chi connectivity index (χ1v) is 11.8. The third kappa shape index (κ3) is 4.44. The number of anilines is 1. The third-order valence-electron chi connectivity index (χ3n) is 7.30. The number of nitrogens with one attached hydrogen (secondary N) is 2. The maximum atomic E-state index is 5.67. The summed E-state index contributed by atoms with van der Waals surface area (Å²) in [4.78, 5) is 2.52. The molecule has 0 amide bonds. The number of hydrogen-bond donors (Lipinski definition) is 2. The molecule has 2 fully saturated rings. The summed E-state index contributed by atoms with van der Waals surface area (Å²) in [6.07, 6.45) is 4.45. The Kier molecular flexibility index (Phi) is 6.63. The fraction of sp³-hybridized carbons (Fsp3) is 0.500. The number of aryl methyl sites for hydroxylation is 2. The molecule has 0 aromatic heterocycles. The zero-order valence-electron chi connectivity index (χ0n) is 19.8. The van der Waals surface area contributed by atoms with Gasteiger partial charge in [-0.15, -0.1) is 0 Å². The third-order valence-corrected chi connectivity index (χ3v) is 7.52. The molecule has 2 aromatic rings. The topological polar surface area (TPSA) is 45.8 Å². The van der Waals surface area contributed by atoms with Gasteiger partial charge in [-0.1, -0.05) is 12.1 Å². The molecule has 1 aliphatic carbocycles. The van der Waals surface area contributed by atoms with E-state index in [1.807, 2.05) is 6.07 Å². The van der Waals surface area contributed by atoms with E-state index in [-0.39, 0.29) is 5.41 Å². The van der Waals surface area contributed by atoms with E-state index < -0.39 is 0 Å². The predicted octanol–water partition coefficient (Wildman–Crippen LogP) is 4.80. The van der Waals surface area contributed by atoms with Gasteiger partial charge in [0.05, 0.1) is 14.2 Å². The van der Waals surface area contributed by atoms with Crippen LogP contribution in [0.5, 0.6) is 11.5 Å². The van der Waals surface area contributed by atoms with Crippen molar-refractivity contribution in [3.8, 4) is 11.5 Å². The van der Waals surface area contributed by atoms with E-state index in [9.17, 15) is 0 Å². The van der Waals surface area contributed by atoms with Gasteiger partial charge in [0.1, 0.15) is 0 Å². The minimum atomic E-state index is 0.148. The molecular formula is C26H35N3O2S. The van der Waals surface area contributed by atoms with Gasteiger partial charge in [-0.2, -0.15) is 0 Å². The lowest BCUT2D eigenvalue weighted by Gasteiger charge is -2.45. The summed E-state index contributed by atoms with van der Waals surface area (Å²) < 4.78 is 11.1. The first-order chi connectivity index (χ1) is 15.3. The molecule has 1 aliphatic heterocycles. The van der Waals surface area contributed by atoms with Crippen molar-refractivity contribution in [2.45, 2.75) is 57.0 Å². The molecule has 0 bridgehead atoms. The van der Waals surface area contributed by atoms with E-state index >= 15 is 0 Å². The predicted molar refractivity (Wildman–Crippen MR) is 135 cm³/mol. The number of benzene rings is 2. The summed E-state index contributed by atoms with van der Waals surface area (Å²) >= 11 is 5.67. The minimum absolute atomic E-state index is 0.148. The van der Waals surface area contributed by atoms with Crippen LogP contribution in [0.3, 0.4) is 0 Å². The molecule has 0 radical (unpaired) electrons. The van der Waals surface area contributed by atoms with Gasteiger partial charge in [-0.05, 0) is 106 Å². The van der Waals surface area contributed by atoms with Gasteiger partial charge in [-0.25, -0.2) is 0 Å². The molecule has 1 heterocycles. The lowest BCUT2D eigenvalue weighted by molar-refractivity contribution is 0.161. The first-order valence-electron chi connectivity index (χ1n) is 11.4. The zero-order valence-corrected chi connectivity index (χ0v) is 20.6. The molecule has 3 atom stereocenters. The second kappa shape index (κ2) is 9.28. The van der Waals surface area contributed by atoms with Crippen LogP contribution >= 0.6 is 12.2 Å². The van der Waals surface area contributed by atoms with Crippen LogP contribution in [0.25, 0.3) is 0 Å². The second-order valence-corrected chi connectivity index (χ2v) is 9.83. The van der Waals surface area contributed by atoms with Crippen molar-refractivity contribution in [3.05, 3.63) is 53.1 Å². The fourth-order valence-corrected chi connectivity index (χ4v) is 6.08. The van der Waals surface area contributed by atoms with E-state index in [0.717, 1.165) is 43.0 Å². The monoisotopic (exact) mass is 453 g/mol. The minimum Gasteiger partial charge on any atom is -0.493 e. The Morgan fingerprint density at radius 3 is 2.44 bits per heavy atom. The molecule has 1 saturated heterocycles. The quantitative estimate of drug-likeness (QED) is 0.634.